The summed E-state index contributed by atoms with van der Waals surface area (Å²) in [4.78, 5) is 25.1. The SMILES string of the molecule is CC1/C=C/C=C/CC/C=C/C=C/C=C/C=C/C(O[C@@H]2O[C@@H](C)[C@@H](O)[C@H](N)[C@@H]2O)CC2OC(O)(CC(O)C(O)CCC(O)CC(O)CC(O)CC(=O)OC(C)C(C)C1O)CC(O)C2C(=O)O. The third-order valence-electron chi connectivity index (χ3n) is 12.2. The number of fused-ring (bicyclic) bond motifs is 2. The molecule has 3 aliphatic rings. The Bertz CT molecular complexity index is 1620. The first-order valence-electron chi connectivity index (χ1n) is 22.6. The first-order valence-corrected chi connectivity index (χ1v) is 22.6. The molecular weight excluding hydrogens is 851 g/mol. The van der Waals surface area contributed by atoms with Gasteiger partial charge in [-0.2, -0.15) is 0 Å². The number of aliphatic hydroxyl groups is 10. The molecule has 19 atom stereocenters. The van der Waals surface area contributed by atoms with Crippen molar-refractivity contribution in [1.82, 2.24) is 0 Å². The predicted molar refractivity (Wildman–Crippen MR) is 237 cm³/mol. The third kappa shape index (κ3) is 18.8. The molecule has 18 heteroatoms. The molecule has 0 radical (unpaired) electrons. The molecule has 0 saturated carbocycles. The van der Waals surface area contributed by atoms with Gasteiger partial charge in [0.25, 0.3) is 0 Å². The Hall–Kier alpha value is -3.18. The Balaban J connectivity index is 1.84. The molecule has 18 nitrogen and oxygen atoms in total. The fourth-order valence-electron chi connectivity index (χ4n) is 8.11. The summed E-state index contributed by atoms with van der Waals surface area (Å²) in [5.41, 5.74) is 6.02. The van der Waals surface area contributed by atoms with Gasteiger partial charge in [0.15, 0.2) is 12.1 Å². The fraction of sp³-hybridized carbons (Fsp3) is 0.702. The van der Waals surface area contributed by atoms with E-state index in [2.05, 4.69) is 0 Å². The van der Waals surface area contributed by atoms with Crippen LogP contribution in [0, 0.1) is 17.8 Å². The summed E-state index contributed by atoms with van der Waals surface area (Å²) in [6.45, 7) is 6.78. The summed E-state index contributed by atoms with van der Waals surface area (Å²) in [5, 5.41) is 118. The number of rotatable bonds is 3. The molecule has 2 saturated heterocycles. The first kappa shape index (κ1) is 56.1. The van der Waals surface area contributed by atoms with Crippen molar-refractivity contribution in [2.24, 2.45) is 23.5 Å². The van der Waals surface area contributed by atoms with Crippen LogP contribution in [0.1, 0.15) is 91.9 Å². The van der Waals surface area contributed by atoms with Gasteiger partial charge in [0.1, 0.15) is 18.1 Å². The molecular formula is C47H75NO17. The zero-order valence-electron chi connectivity index (χ0n) is 37.8. The molecule has 2 bridgehead atoms. The number of hydrogen-bond acceptors (Lipinski definition) is 17. The Morgan fingerprint density at radius 3 is 1.94 bits per heavy atom. The molecule has 370 valence electrons. The van der Waals surface area contributed by atoms with Crippen molar-refractivity contribution in [3.05, 3.63) is 72.9 Å². The molecule has 0 aromatic carbocycles. The Morgan fingerprint density at radius 1 is 0.692 bits per heavy atom. The van der Waals surface area contributed by atoms with Crippen molar-refractivity contribution < 1.29 is 84.7 Å². The van der Waals surface area contributed by atoms with E-state index in [4.69, 9.17) is 24.7 Å². The number of nitrogens with two attached hydrogens (primary N) is 1. The van der Waals surface area contributed by atoms with Gasteiger partial charge in [-0.05, 0) is 52.4 Å². The van der Waals surface area contributed by atoms with Gasteiger partial charge in [0.2, 0.25) is 0 Å². The number of carboxylic acids is 1. The highest BCUT2D eigenvalue weighted by Crippen LogP contribution is 2.38. The molecule has 65 heavy (non-hydrogen) atoms. The molecule has 0 aliphatic carbocycles. The summed E-state index contributed by atoms with van der Waals surface area (Å²) in [6.07, 6.45) is 2.28. The van der Waals surface area contributed by atoms with Gasteiger partial charge in [0, 0.05) is 31.1 Å². The van der Waals surface area contributed by atoms with Crippen molar-refractivity contribution in [2.75, 3.05) is 0 Å². The number of allylic oxidation sites excluding steroid dienone is 10. The molecule has 2 fully saturated rings. The second kappa shape index (κ2) is 27.6. The molecule has 3 heterocycles. The minimum atomic E-state index is -2.35. The van der Waals surface area contributed by atoms with E-state index in [9.17, 15) is 65.8 Å². The lowest BCUT2D eigenvalue weighted by molar-refractivity contribution is -0.310. The average molecular weight is 926 g/mol. The van der Waals surface area contributed by atoms with Crippen molar-refractivity contribution in [3.8, 4) is 0 Å². The second-order valence-corrected chi connectivity index (χ2v) is 17.8. The van der Waals surface area contributed by atoms with E-state index < -0.39 is 141 Å². The van der Waals surface area contributed by atoms with Crippen molar-refractivity contribution >= 4 is 11.9 Å². The van der Waals surface area contributed by atoms with Crippen LogP contribution < -0.4 is 5.73 Å². The van der Waals surface area contributed by atoms with Crippen LogP contribution in [-0.2, 0) is 28.5 Å². The van der Waals surface area contributed by atoms with Gasteiger partial charge in [0.05, 0.1) is 79.6 Å². The largest absolute Gasteiger partial charge is 0.481 e. The molecule has 0 aromatic rings. The fourth-order valence-corrected chi connectivity index (χ4v) is 8.11. The Labute approximate surface area is 381 Å². The highest BCUT2D eigenvalue weighted by atomic mass is 16.7. The normalized spacial score (nSPS) is 45.2. The molecule has 3 rings (SSSR count). The van der Waals surface area contributed by atoms with Crippen molar-refractivity contribution in [3.63, 3.8) is 0 Å². The minimum Gasteiger partial charge on any atom is -0.481 e. The summed E-state index contributed by atoms with van der Waals surface area (Å²) in [7, 11) is 0. The Morgan fingerprint density at radius 2 is 1.28 bits per heavy atom. The topological polar surface area (TPSA) is 320 Å². The van der Waals surface area contributed by atoms with Gasteiger partial charge in [-0.15, -0.1) is 0 Å². The molecule has 13 N–H and O–H groups in total. The predicted octanol–water partition coefficient (Wildman–Crippen LogP) is 0.936. The van der Waals surface area contributed by atoms with Gasteiger partial charge in [-0.1, -0.05) is 86.8 Å². The summed E-state index contributed by atoms with van der Waals surface area (Å²) < 4.78 is 23.2. The maximum Gasteiger partial charge on any atom is 0.311 e. The highest BCUT2D eigenvalue weighted by Gasteiger charge is 2.51. The van der Waals surface area contributed by atoms with Gasteiger partial charge >= 0.3 is 11.9 Å². The quantitative estimate of drug-likeness (QED) is 0.175. The maximum atomic E-state index is 12.6. The zero-order valence-corrected chi connectivity index (χ0v) is 37.8. The number of hydrogen-bond donors (Lipinski definition) is 12. The maximum absolute atomic E-state index is 12.6. The Kier molecular flexibility index (Phi) is 23.8. The van der Waals surface area contributed by atoms with Crippen molar-refractivity contribution in [2.45, 2.75) is 189 Å². The number of aliphatic carboxylic acids is 1. The summed E-state index contributed by atoms with van der Waals surface area (Å²) in [6, 6.07) is -1.14. The lowest BCUT2D eigenvalue weighted by Gasteiger charge is -2.45. The van der Waals surface area contributed by atoms with Crippen LogP contribution in [0.4, 0.5) is 0 Å². The lowest BCUT2D eigenvalue weighted by atomic mass is 9.82. The molecule has 0 aromatic heterocycles. The van der Waals surface area contributed by atoms with Crippen LogP contribution in [0.15, 0.2) is 72.9 Å². The van der Waals surface area contributed by atoms with E-state index in [0.29, 0.717) is 0 Å². The van der Waals surface area contributed by atoms with E-state index in [0.717, 1.165) is 12.8 Å². The number of carbonyl (C=O) groups excluding carboxylic acids is 1. The number of esters is 1. The van der Waals surface area contributed by atoms with E-state index in [1.165, 1.54) is 13.0 Å². The van der Waals surface area contributed by atoms with E-state index in [1.54, 1.807) is 38.2 Å². The van der Waals surface area contributed by atoms with Gasteiger partial charge < -0.3 is 80.9 Å². The van der Waals surface area contributed by atoms with E-state index in [1.807, 2.05) is 49.5 Å². The molecule has 0 spiro atoms. The molecule has 3 aliphatic heterocycles. The van der Waals surface area contributed by atoms with Crippen LogP contribution in [-0.4, -0.2) is 166 Å². The number of carboxylic acid groups (broad SMARTS) is 1. The second-order valence-electron chi connectivity index (χ2n) is 17.8. The van der Waals surface area contributed by atoms with Gasteiger partial charge in [-0.3, -0.25) is 9.59 Å². The molecule has 0 amide bonds. The average Bonchev–Trinajstić information content (AvgIpc) is 3.21. The molecule has 14 unspecified atom stereocenters. The summed E-state index contributed by atoms with van der Waals surface area (Å²) >= 11 is 0. The summed E-state index contributed by atoms with van der Waals surface area (Å²) in [5.74, 6) is -6.82. The third-order valence-corrected chi connectivity index (χ3v) is 12.2. The van der Waals surface area contributed by atoms with E-state index in [-0.39, 0.29) is 38.0 Å². The van der Waals surface area contributed by atoms with E-state index >= 15 is 0 Å². The minimum absolute atomic E-state index is 0.138. The number of cyclic esters (lactones) is 1. The standard InChI is InChI=1S/C47H75NO17/c1-27-17-15-13-11-9-7-5-6-8-10-12-14-16-18-34(64-46-44(58)41(48)43(57)30(4)63-46)24-38-40(45(59)60)37(54)26-47(61,65-38)25-36(53)35(52)20-19-31(49)21-32(50)22-33(51)23-39(55)62-29(3)28(2)42(27)56/h5-6,8,10-18,27-38,40-44,46,49-54,56-58,61H,7,9,19-26,48H2,1-4H3,(H,59,60)/b6-5+,10-8+,13-11+,14-12+,17-15+,18-16+/t27?,28?,29?,30-,31?,32?,33?,34?,35?,36?,37?,38?,40?,41-,42?,43+,44-,46-,47?/m0/s1. The smallest absolute Gasteiger partial charge is 0.311 e. The van der Waals surface area contributed by atoms with Crippen LogP contribution in [0.5, 0.6) is 0 Å². The van der Waals surface area contributed by atoms with Crippen LogP contribution in [0.25, 0.3) is 0 Å². The monoisotopic (exact) mass is 926 g/mol. The zero-order chi connectivity index (χ0) is 48.4. The van der Waals surface area contributed by atoms with Crippen LogP contribution >= 0.6 is 0 Å². The van der Waals surface area contributed by atoms with Crippen molar-refractivity contribution in [1.29, 1.82) is 0 Å². The number of carbonyl (C=O) groups is 2. The van der Waals surface area contributed by atoms with Crippen LogP contribution in [0.2, 0.25) is 0 Å². The number of aliphatic hydroxyl groups excluding tert-OH is 9. The highest BCUT2D eigenvalue weighted by molar-refractivity contribution is 5.71. The first-order chi connectivity index (χ1) is 30.6. The lowest BCUT2D eigenvalue weighted by Crippen LogP contribution is -2.61. The van der Waals surface area contributed by atoms with Gasteiger partial charge in [-0.25, -0.2) is 0 Å². The van der Waals surface area contributed by atoms with Crippen LogP contribution in [0.3, 0.4) is 0 Å². The number of ether oxygens (including phenoxy) is 4.